The Kier molecular flexibility index (Phi) is 4.94. The highest BCUT2D eigenvalue weighted by molar-refractivity contribution is 5.99. The van der Waals surface area contributed by atoms with Crippen molar-refractivity contribution in [3.63, 3.8) is 0 Å². The molecule has 3 atom stereocenters. The first-order chi connectivity index (χ1) is 13.7. The third kappa shape index (κ3) is 3.09. The van der Waals surface area contributed by atoms with Gasteiger partial charge in [-0.2, -0.15) is 0 Å². The average molecular weight is 380 g/mol. The summed E-state index contributed by atoms with van der Waals surface area (Å²) in [5.74, 6) is 1.77. The minimum atomic E-state index is -0.227. The van der Waals surface area contributed by atoms with Crippen LogP contribution in [0.4, 0.5) is 11.4 Å². The number of hydrogen-bond acceptors (Lipinski definition) is 6. The summed E-state index contributed by atoms with van der Waals surface area (Å²) in [5.41, 5.74) is 2.78. The fourth-order valence-electron chi connectivity index (χ4n) is 4.23. The molecule has 146 valence electrons. The number of carbonyl (C=O) groups is 1. The maximum atomic E-state index is 13.0. The number of para-hydroxylation sites is 2. The molecule has 4 rings (SSSR count). The van der Waals surface area contributed by atoms with Crippen LogP contribution in [0.15, 0.2) is 41.4 Å². The molecule has 1 heterocycles. The number of ketones is 1. The molecule has 2 aliphatic rings. The monoisotopic (exact) mass is 380 g/mol. The molecule has 6 heteroatoms. The van der Waals surface area contributed by atoms with Crippen molar-refractivity contribution < 1.29 is 19.0 Å². The van der Waals surface area contributed by atoms with E-state index in [1.165, 1.54) is 0 Å². The van der Waals surface area contributed by atoms with Gasteiger partial charge in [0.15, 0.2) is 11.5 Å². The number of carbonyl (C=O) groups excluding carboxylic acids is 1. The third-order valence-corrected chi connectivity index (χ3v) is 5.58. The minimum absolute atomic E-state index is 0.0172. The highest BCUT2D eigenvalue weighted by Crippen LogP contribution is 2.47. The van der Waals surface area contributed by atoms with Crippen LogP contribution < -0.4 is 19.5 Å². The normalized spacial score (nSPS) is 23.1. The molecule has 0 spiro atoms. The number of aliphatic imine (C=N–C) groups is 1. The molecule has 1 aliphatic heterocycles. The molecule has 6 nitrogen and oxygen atoms in total. The number of Topliss-reactive ketones (excluding diaryl/α,β-unsaturated/α-hetero) is 1. The van der Waals surface area contributed by atoms with Crippen LogP contribution in [-0.2, 0) is 4.79 Å². The van der Waals surface area contributed by atoms with Gasteiger partial charge in [-0.05, 0) is 30.5 Å². The lowest BCUT2D eigenvalue weighted by molar-refractivity contribution is -0.123. The molecule has 2 aromatic carbocycles. The van der Waals surface area contributed by atoms with E-state index in [2.05, 4.69) is 10.3 Å². The van der Waals surface area contributed by atoms with Crippen molar-refractivity contribution in [3.05, 3.63) is 42.0 Å². The maximum Gasteiger partial charge on any atom is 0.203 e. The first-order valence-electron chi connectivity index (χ1n) is 9.37. The quantitative estimate of drug-likeness (QED) is 0.869. The zero-order chi connectivity index (χ0) is 19.7. The van der Waals surface area contributed by atoms with Crippen molar-refractivity contribution in [2.45, 2.75) is 24.8 Å². The molecule has 0 radical (unpaired) electrons. The number of fused-ring (bicyclic) bond motifs is 2. The molecule has 28 heavy (non-hydrogen) atoms. The van der Waals surface area contributed by atoms with Gasteiger partial charge in [0.25, 0.3) is 0 Å². The Morgan fingerprint density at radius 3 is 2.54 bits per heavy atom. The van der Waals surface area contributed by atoms with Gasteiger partial charge in [-0.25, -0.2) is 0 Å². The molecule has 1 saturated carbocycles. The summed E-state index contributed by atoms with van der Waals surface area (Å²) in [7, 11) is 4.80. The van der Waals surface area contributed by atoms with E-state index in [1.807, 2.05) is 36.4 Å². The second kappa shape index (κ2) is 7.54. The zero-order valence-electron chi connectivity index (χ0n) is 16.3. The Labute approximate surface area is 164 Å². The van der Waals surface area contributed by atoms with Gasteiger partial charge in [-0.15, -0.1) is 0 Å². The molecular formula is C22H24N2O4. The molecule has 0 bridgehead atoms. The Morgan fingerprint density at radius 1 is 1.00 bits per heavy atom. The highest BCUT2D eigenvalue weighted by atomic mass is 16.5. The van der Waals surface area contributed by atoms with Crippen molar-refractivity contribution in [1.29, 1.82) is 0 Å². The second-order valence-corrected chi connectivity index (χ2v) is 7.10. The number of nitrogens with zero attached hydrogens (tertiary/aromatic N) is 1. The third-order valence-electron chi connectivity index (χ3n) is 5.58. The Balaban J connectivity index is 1.69. The lowest BCUT2D eigenvalue weighted by Gasteiger charge is -2.34. The van der Waals surface area contributed by atoms with Crippen molar-refractivity contribution >= 4 is 23.4 Å². The van der Waals surface area contributed by atoms with Crippen LogP contribution in [0.1, 0.15) is 24.3 Å². The maximum absolute atomic E-state index is 13.0. The van der Waals surface area contributed by atoms with Crippen LogP contribution in [0.5, 0.6) is 17.2 Å². The van der Waals surface area contributed by atoms with Crippen LogP contribution in [0, 0.1) is 5.92 Å². The van der Waals surface area contributed by atoms with E-state index in [9.17, 15) is 4.79 Å². The topological polar surface area (TPSA) is 69.2 Å². The lowest BCUT2D eigenvalue weighted by Crippen LogP contribution is -2.41. The van der Waals surface area contributed by atoms with Crippen LogP contribution >= 0.6 is 0 Å². The van der Waals surface area contributed by atoms with Gasteiger partial charge in [0, 0.05) is 24.2 Å². The molecule has 0 saturated heterocycles. The number of ether oxygens (including phenoxy) is 3. The van der Waals surface area contributed by atoms with E-state index >= 15 is 0 Å². The number of hydrogen-bond donors (Lipinski definition) is 1. The number of methoxy groups -OCH3 is 3. The largest absolute Gasteiger partial charge is 0.493 e. The predicted molar refractivity (Wildman–Crippen MR) is 109 cm³/mol. The fraction of sp³-hybridized carbons (Fsp3) is 0.364. The number of benzene rings is 2. The van der Waals surface area contributed by atoms with E-state index < -0.39 is 0 Å². The first-order valence-corrected chi connectivity index (χ1v) is 9.37. The molecule has 0 aromatic heterocycles. The van der Waals surface area contributed by atoms with E-state index in [0.29, 0.717) is 23.7 Å². The summed E-state index contributed by atoms with van der Waals surface area (Å²) in [6.07, 6.45) is 3.04. The van der Waals surface area contributed by atoms with Crippen molar-refractivity contribution in [2.75, 3.05) is 26.6 Å². The van der Waals surface area contributed by atoms with Crippen molar-refractivity contribution in [2.24, 2.45) is 10.9 Å². The van der Waals surface area contributed by atoms with Gasteiger partial charge in [0.1, 0.15) is 5.78 Å². The smallest absolute Gasteiger partial charge is 0.203 e. The predicted octanol–water partition coefficient (Wildman–Crippen LogP) is 3.97. The van der Waals surface area contributed by atoms with E-state index in [1.54, 1.807) is 27.5 Å². The molecule has 1 aliphatic carbocycles. The summed E-state index contributed by atoms with van der Waals surface area (Å²) in [5, 5.41) is 3.54. The number of rotatable bonds is 4. The molecule has 0 unspecified atom stereocenters. The standard InChI is InChI=1S/C22H24N2O4/c1-26-20-9-8-14(21(27-2)22(20)28-3)13-10-18-15(19(25)11-13)12-23-16-6-4-5-7-17(16)24-18/h4-9,12-13,15,18,24H,10-11H2,1-3H3/t13-,15+,18-/m0/s1. The Morgan fingerprint density at radius 2 is 1.79 bits per heavy atom. The van der Waals surface area contributed by atoms with Gasteiger partial charge in [0.2, 0.25) is 5.75 Å². The molecule has 2 aromatic rings. The molecule has 1 N–H and O–H groups in total. The number of anilines is 1. The molecule has 0 amide bonds. The van der Waals surface area contributed by atoms with Gasteiger partial charge in [-0.1, -0.05) is 18.2 Å². The van der Waals surface area contributed by atoms with Crippen LogP contribution in [0.25, 0.3) is 0 Å². The highest BCUT2D eigenvalue weighted by Gasteiger charge is 2.39. The van der Waals surface area contributed by atoms with Gasteiger partial charge in [0.05, 0.1) is 38.6 Å². The van der Waals surface area contributed by atoms with Crippen LogP contribution in [-0.4, -0.2) is 39.4 Å². The molecular weight excluding hydrogens is 356 g/mol. The van der Waals surface area contributed by atoms with Gasteiger partial charge in [-0.3, -0.25) is 9.79 Å². The summed E-state index contributed by atoms with van der Waals surface area (Å²) in [4.78, 5) is 17.5. The SMILES string of the molecule is COc1ccc([C@@H]2CC(=O)[C@@H]3C=Nc4ccccc4N[C@H]3C2)c(OC)c1OC. The summed E-state index contributed by atoms with van der Waals surface area (Å²) in [6.45, 7) is 0. The van der Waals surface area contributed by atoms with Gasteiger partial charge >= 0.3 is 0 Å². The summed E-state index contributed by atoms with van der Waals surface area (Å²) in [6, 6.07) is 11.7. The number of nitrogens with one attached hydrogen (secondary N) is 1. The van der Waals surface area contributed by atoms with E-state index in [-0.39, 0.29) is 23.7 Å². The first kappa shape index (κ1) is 18.3. The van der Waals surface area contributed by atoms with Crippen molar-refractivity contribution in [1.82, 2.24) is 0 Å². The second-order valence-electron chi connectivity index (χ2n) is 7.10. The Bertz CT molecular complexity index is 925. The lowest BCUT2D eigenvalue weighted by atomic mass is 9.74. The van der Waals surface area contributed by atoms with Gasteiger partial charge < -0.3 is 19.5 Å². The minimum Gasteiger partial charge on any atom is -0.493 e. The zero-order valence-corrected chi connectivity index (χ0v) is 16.3. The average Bonchev–Trinajstić information content (AvgIpc) is 2.91. The van der Waals surface area contributed by atoms with E-state index in [0.717, 1.165) is 23.4 Å². The summed E-state index contributed by atoms with van der Waals surface area (Å²) < 4.78 is 16.6. The Hall–Kier alpha value is -3.02. The summed E-state index contributed by atoms with van der Waals surface area (Å²) >= 11 is 0. The van der Waals surface area contributed by atoms with Crippen LogP contribution in [0.3, 0.4) is 0 Å². The fourth-order valence-corrected chi connectivity index (χ4v) is 4.23. The van der Waals surface area contributed by atoms with Crippen molar-refractivity contribution in [3.8, 4) is 17.2 Å². The van der Waals surface area contributed by atoms with E-state index in [4.69, 9.17) is 14.2 Å². The van der Waals surface area contributed by atoms with Crippen LogP contribution in [0.2, 0.25) is 0 Å². The molecule has 1 fully saturated rings.